The molecule has 0 atom stereocenters. The van der Waals surface area contributed by atoms with Crippen molar-refractivity contribution in [2.45, 2.75) is 26.7 Å². The van der Waals surface area contributed by atoms with Crippen LogP contribution in [0.2, 0.25) is 0 Å². The fraction of sp³-hybridized carbons (Fsp3) is 1.00. The zero-order valence-electron chi connectivity index (χ0n) is 6.87. The summed E-state index contributed by atoms with van der Waals surface area (Å²) in [7, 11) is -3.79. The van der Waals surface area contributed by atoms with E-state index in [9.17, 15) is 8.42 Å². The molecule has 1 N–H and O–H groups in total. The van der Waals surface area contributed by atoms with Gasteiger partial charge in [-0.25, -0.2) is 0 Å². The van der Waals surface area contributed by atoms with Crippen LogP contribution in [0.1, 0.15) is 26.7 Å². The van der Waals surface area contributed by atoms with Crippen molar-refractivity contribution in [1.29, 1.82) is 0 Å². The van der Waals surface area contributed by atoms with Gasteiger partial charge in [-0.05, 0) is 24.2 Å². The number of hydrogen-bond donors (Lipinski definition) is 1. The maximum Gasteiger partial charge on any atom is 0.265 e. The van der Waals surface area contributed by atoms with Crippen molar-refractivity contribution in [2.75, 3.05) is 5.75 Å². The van der Waals surface area contributed by atoms with Crippen LogP contribution in [0, 0.1) is 11.3 Å². The van der Waals surface area contributed by atoms with Gasteiger partial charge < -0.3 is 0 Å². The van der Waals surface area contributed by atoms with Crippen molar-refractivity contribution in [2.24, 2.45) is 11.3 Å². The van der Waals surface area contributed by atoms with Gasteiger partial charge in [-0.1, -0.05) is 13.8 Å². The van der Waals surface area contributed by atoms with Crippen LogP contribution in [0.3, 0.4) is 0 Å². The highest BCUT2D eigenvalue weighted by molar-refractivity contribution is 7.85. The first-order chi connectivity index (χ1) is 4.81. The molecular formula is C7H14O3S. The van der Waals surface area contributed by atoms with Crippen molar-refractivity contribution in [1.82, 2.24) is 0 Å². The van der Waals surface area contributed by atoms with Gasteiger partial charge in [0.05, 0.1) is 5.75 Å². The molecule has 3 nitrogen and oxygen atoms in total. The van der Waals surface area contributed by atoms with Crippen LogP contribution in [0.5, 0.6) is 0 Å². The molecule has 0 aromatic rings. The summed E-state index contributed by atoms with van der Waals surface area (Å²) in [5.74, 6) is 0.384. The standard InChI is InChI=1S/C7H14O3S/c1-7(2,6-3-4-6)5-11(8,9)10/h6H,3-5H2,1-2H3,(H,8,9,10). The Kier molecular flexibility index (Phi) is 2.01. The molecule has 0 saturated heterocycles. The molecule has 0 aromatic heterocycles. The van der Waals surface area contributed by atoms with E-state index in [4.69, 9.17) is 4.55 Å². The third-order valence-electron chi connectivity index (χ3n) is 2.24. The minimum absolute atomic E-state index is 0.106. The van der Waals surface area contributed by atoms with Gasteiger partial charge in [0.15, 0.2) is 0 Å². The normalized spacial score (nSPS) is 20.3. The Hall–Kier alpha value is -0.0900. The fourth-order valence-electron chi connectivity index (χ4n) is 1.45. The van der Waals surface area contributed by atoms with E-state index in [0.29, 0.717) is 5.92 Å². The van der Waals surface area contributed by atoms with E-state index in [2.05, 4.69) is 0 Å². The molecule has 0 spiro atoms. The Balaban J connectivity index is 2.59. The molecule has 4 heteroatoms. The van der Waals surface area contributed by atoms with Gasteiger partial charge in [0, 0.05) is 0 Å². The summed E-state index contributed by atoms with van der Waals surface area (Å²) in [4.78, 5) is 0. The van der Waals surface area contributed by atoms with Crippen LogP contribution >= 0.6 is 0 Å². The Morgan fingerprint density at radius 3 is 2.18 bits per heavy atom. The molecule has 0 heterocycles. The topological polar surface area (TPSA) is 54.4 Å². The first kappa shape index (κ1) is 9.00. The molecule has 1 aliphatic rings. The largest absolute Gasteiger partial charge is 0.286 e. The van der Waals surface area contributed by atoms with Crippen molar-refractivity contribution in [3.05, 3.63) is 0 Å². The SMILES string of the molecule is CC(C)(CS(=O)(=O)O)C1CC1. The highest BCUT2D eigenvalue weighted by Crippen LogP contribution is 2.45. The zero-order valence-corrected chi connectivity index (χ0v) is 7.69. The lowest BCUT2D eigenvalue weighted by atomic mass is 9.90. The van der Waals surface area contributed by atoms with Crippen LogP contribution in [-0.4, -0.2) is 18.7 Å². The Morgan fingerprint density at radius 1 is 1.45 bits per heavy atom. The van der Waals surface area contributed by atoms with E-state index in [0.717, 1.165) is 12.8 Å². The predicted molar refractivity (Wildman–Crippen MR) is 42.9 cm³/mol. The number of rotatable bonds is 3. The second-order valence-electron chi connectivity index (χ2n) is 3.99. The lowest BCUT2D eigenvalue weighted by molar-refractivity contribution is 0.339. The summed E-state index contributed by atoms with van der Waals surface area (Å²) >= 11 is 0. The average molecular weight is 178 g/mol. The molecule has 0 aliphatic heterocycles. The molecule has 11 heavy (non-hydrogen) atoms. The molecule has 1 aliphatic carbocycles. The van der Waals surface area contributed by atoms with Crippen LogP contribution in [-0.2, 0) is 10.1 Å². The summed E-state index contributed by atoms with van der Waals surface area (Å²) in [5.41, 5.74) is -0.242. The van der Waals surface area contributed by atoms with Gasteiger partial charge >= 0.3 is 0 Å². The zero-order chi connectivity index (χ0) is 8.70. The van der Waals surface area contributed by atoms with Gasteiger partial charge in [-0.3, -0.25) is 4.55 Å². The maximum atomic E-state index is 10.5. The minimum Gasteiger partial charge on any atom is -0.286 e. The van der Waals surface area contributed by atoms with E-state index in [1.54, 1.807) is 0 Å². The highest BCUT2D eigenvalue weighted by Gasteiger charge is 2.40. The summed E-state index contributed by atoms with van der Waals surface area (Å²) in [6.45, 7) is 3.77. The van der Waals surface area contributed by atoms with Crippen molar-refractivity contribution >= 4 is 10.1 Å². The predicted octanol–water partition coefficient (Wildman–Crippen LogP) is 1.31. The van der Waals surface area contributed by atoms with E-state index in [-0.39, 0.29) is 11.2 Å². The van der Waals surface area contributed by atoms with Crippen molar-refractivity contribution in [3.8, 4) is 0 Å². The lowest BCUT2D eigenvalue weighted by Crippen LogP contribution is -2.25. The summed E-state index contributed by atoms with van der Waals surface area (Å²) in [6, 6.07) is 0. The summed E-state index contributed by atoms with van der Waals surface area (Å²) in [5, 5.41) is 0. The smallest absolute Gasteiger partial charge is 0.265 e. The van der Waals surface area contributed by atoms with Crippen LogP contribution in [0.15, 0.2) is 0 Å². The summed E-state index contributed by atoms with van der Waals surface area (Å²) < 4.78 is 29.7. The van der Waals surface area contributed by atoms with Gasteiger partial charge in [-0.15, -0.1) is 0 Å². The third kappa shape index (κ3) is 2.79. The molecule has 1 fully saturated rings. The average Bonchev–Trinajstić information content (AvgIpc) is 2.30. The Labute approximate surface area is 67.6 Å². The van der Waals surface area contributed by atoms with Crippen molar-refractivity contribution < 1.29 is 13.0 Å². The Morgan fingerprint density at radius 2 is 1.91 bits per heavy atom. The molecule has 0 radical (unpaired) electrons. The molecule has 1 rings (SSSR count). The second-order valence-corrected chi connectivity index (χ2v) is 5.44. The van der Waals surface area contributed by atoms with Gasteiger partial charge in [0.25, 0.3) is 10.1 Å². The van der Waals surface area contributed by atoms with E-state index < -0.39 is 10.1 Å². The van der Waals surface area contributed by atoms with E-state index in [1.165, 1.54) is 0 Å². The van der Waals surface area contributed by atoms with Crippen LogP contribution in [0.4, 0.5) is 0 Å². The van der Waals surface area contributed by atoms with Gasteiger partial charge in [0.2, 0.25) is 0 Å². The fourth-order valence-corrected chi connectivity index (χ4v) is 2.63. The highest BCUT2D eigenvalue weighted by atomic mass is 32.2. The molecule has 1 saturated carbocycles. The Bertz CT molecular complexity index is 236. The minimum atomic E-state index is -3.79. The molecule has 0 aromatic carbocycles. The first-order valence-electron chi connectivity index (χ1n) is 3.76. The summed E-state index contributed by atoms with van der Waals surface area (Å²) in [6.07, 6.45) is 2.20. The van der Waals surface area contributed by atoms with Gasteiger partial charge in [0.1, 0.15) is 0 Å². The number of hydrogen-bond acceptors (Lipinski definition) is 2. The van der Waals surface area contributed by atoms with Gasteiger partial charge in [-0.2, -0.15) is 8.42 Å². The lowest BCUT2D eigenvalue weighted by Gasteiger charge is -2.21. The van der Waals surface area contributed by atoms with E-state index >= 15 is 0 Å². The molecule has 66 valence electrons. The molecule has 0 bridgehead atoms. The molecule has 0 unspecified atom stereocenters. The van der Waals surface area contributed by atoms with Crippen LogP contribution < -0.4 is 0 Å². The monoisotopic (exact) mass is 178 g/mol. The third-order valence-corrected chi connectivity index (χ3v) is 3.35. The molecule has 0 amide bonds. The maximum absolute atomic E-state index is 10.5. The second kappa shape index (κ2) is 2.45. The first-order valence-corrected chi connectivity index (χ1v) is 5.37. The van der Waals surface area contributed by atoms with E-state index in [1.807, 2.05) is 13.8 Å². The quantitative estimate of drug-likeness (QED) is 0.663. The van der Waals surface area contributed by atoms with Crippen LogP contribution in [0.25, 0.3) is 0 Å². The molecular weight excluding hydrogens is 164 g/mol. The van der Waals surface area contributed by atoms with Crippen molar-refractivity contribution in [3.63, 3.8) is 0 Å².